The molecule has 1 unspecified atom stereocenters. The number of aryl methyl sites for hydroxylation is 2. The van der Waals surface area contributed by atoms with E-state index >= 15 is 0 Å². The number of anilines is 1. The van der Waals surface area contributed by atoms with E-state index in [0.717, 1.165) is 15.9 Å². The molecule has 0 bridgehead atoms. The molecule has 2 heterocycles. The molecule has 0 aliphatic carbocycles. The van der Waals surface area contributed by atoms with Crippen LogP contribution in [0.3, 0.4) is 0 Å². The first kappa shape index (κ1) is 14.8. The number of amides is 1. The highest BCUT2D eigenvalue weighted by molar-refractivity contribution is 7.21. The number of fused-ring (bicyclic) bond motifs is 1. The minimum Gasteiger partial charge on any atom is -0.397 e. The fourth-order valence-electron chi connectivity index (χ4n) is 2.04. The number of aromatic nitrogens is 2. The zero-order valence-corrected chi connectivity index (χ0v) is 12.5. The van der Waals surface area contributed by atoms with Gasteiger partial charge >= 0.3 is 0 Å². The summed E-state index contributed by atoms with van der Waals surface area (Å²) < 4.78 is 6.51. The van der Waals surface area contributed by atoms with E-state index in [1.807, 2.05) is 14.0 Å². The van der Waals surface area contributed by atoms with Gasteiger partial charge in [-0.3, -0.25) is 9.48 Å². The lowest BCUT2D eigenvalue weighted by Crippen LogP contribution is -2.34. The van der Waals surface area contributed by atoms with Gasteiger partial charge in [0.2, 0.25) is 0 Å². The molecule has 1 atom stereocenters. The van der Waals surface area contributed by atoms with E-state index in [4.69, 9.17) is 10.5 Å². The molecule has 20 heavy (non-hydrogen) atoms. The lowest BCUT2D eigenvalue weighted by atomic mass is 10.2. The summed E-state index contributed by atoms with van der Waals surface area (Å²) in [6.07, 6.45) is -0.733. The SMILES string of the molecule is COCC(O)CNC(=O)c1sc2c(c(C)nn2C)c1N. The van der Waals surface area contributed by atoms with Crippen LogP contribution in [0.1, 0.15) is 15.4 Å². The maximum Gasteiger partial charge on any atom is 0.263 e. The van der Waals surface area contributed by atoms with Gasteiger partial charge in [-0.15, -0.1) is 11.3 Å². The van der Waals surface area contributed by atoms with Gasteiger partial charge in [0, 0.05) is 20.7 Å². The van der Waals surface area contributed by atoms with Crippen molar-refractivity contribution in [1.29, 1.82) is 0 Å². The van der Waals surface area contributed by atoms with Gasteiger partial charge in [0.05, 0.1) is 29.5 Å². The van der Waals surface area contributed by atoms with Crippen molar-refractivity contribution in [3.63, 3.8) is 0 Å². The molecule has 0 spiro atoms. The third-order valence-electron chi connectivity index (χ3n) is 2.95. The van der Waals surface area contributed by atoms with Crippen LogP contribution in [-0.2, 0) is 11.8 Å². The molecule has 7 nitrogen and oxygen atoms in total. The number of thiophene rings is 1. The predicted octanol–water partition coefficient (Wildman–Crippen LogP) is 0.263. The van der Waals surface area contributed by atoms with Crippen LogP contribution in [-0.4, -0.2) is 47.2 Å². The molecule has 110 valence electrons. The van der Waals surface area contributed by atoms with Crippen molar-refractivity contribution in [2.75, 3.05) is 26.0 Å². The van der Waals surface area contributed by atoms with E-state index in [-0.39, 0.29) is 19.1 Å². The maximum atomic E-state index is 12.1. The fourth-order valence-corrected chi connectivity index (χ4v) is 3.14. The van der Waals surface area contributed by atoms with Crippen LogP contribution in [0, 0.1) is 6.92 Å². The quantitative estimate of drug-likeness (QED) is 0.735. The molecule has 4 N–H and O–H groups in total. The van der Waals surface area contributed by atoms with Gasteiger partial charge in [-0.1, -0.05) is 0 Å². The smallest absolute Gasteiger partial charge is 0.263 e. The summed E-state index contributed by atoms with van der Waals surface area (Å²) in [5.74, 6) is -0.293. The molecule has 0 saturated carbocycles. The number of hydrogen-bond acceptors (Lipinski definition) is 6. The molecule has 2 aromatic heterocycles. The van der Waals surface area contributed by atoms with E-state index in [1.165, 1.54) is 18.4 Å². The number of carbonyl (C=O) groups is 1. The maximum absolute atomic E-state index is 12.1. The molecule has 1 amide bonds. The topological polar surface area (TPSA) is 102 Å². The van der Waals surface area contributed by atoms with Crippen molar-refractivity contribution in [2.45, 2.75) is 13.0 Å². The Hall–Kier alpha value is -1.64. The van der Waals surface area contributed by atoms with Crippen molar-refractivity contribution in [1.82, 2.24) is 15.1 Å². The van der Waals surface area contributed by atoms with E-state index in [2.05, 4.69) is 10.4 Å². The number of methoxy groups -OCH3 is 1. The summed E-state index contributed by atoms with van der Waals surface area (Å²) in [5, 5.41) is 17.3. The van der Waals surface area contributed by atoms with E-state index < -0.39 is 6.10 Å². The van der Waals surface area contributed by atoms with Crippen LogP contribution in [0.25, 0.3) is 10.2 Å². The number of nitrogens with one attached hydrogen (secondary N) is 1. The monoisotopic (exact) mass is 298 g/mol. The summed E-state index contributed by atoms with van der Waals surface area (Å²) in [6, 6.07) is 0. The molecule has 2 rings (SSSR count). The zero-order chi connectivity index (χ0) is 14.9. The largest absolute Gasteiger partial charge is 0.397 e. The Labute approximate surface area is 120 Å². The molecule has 0 aliphatic rings. The van der Waals surface area contributed by atoms with Crippen LogP contribution in [0.5, 0.6) is 0 Å². The van der Waals surface area contributed by atoms with Crippen LogP contribution < -0.4 is 11.1 Å². The number of rotatable bonds is 5. The van der Waals surface area contributed by atoms with Crippen LogP contribution >= 0.6 is 11.3 Å². The Balaban J connectivity index is 2.18. The first-order chi connectivity index (χ1) is 9.45. The number of nitrogen functional groups attached to an aromatic ring is 1. The number of aliphatic hydroxyl groups is 1. The average molecular weight is 298 g/mol. The molecular formula is C12H18N4O3S. The Morgan fingerprint density at radius 1 is 1.65 bits per heavy atom. The van der Waals surface area contributed by atoms with Crippen LogP contribution in [0.15, 0.2) is 0 Å². The normalized spacial score (nSPS) is 12.8. The van der Waals surface area contributed by atoms with Crippen molar-refractivity contribution < 1.29 is 14.6 Å². The number of nitrogens with zero attached hydrogens (tertiary/aromatic N) is 2. The lowest BCUT2D eigenvalue weighted by Gasteiger charge is -2.10. The van der Waals surface area contributed by atoms with Crippen molar-refractivity contribution >= 4 is 33.1 Å². The van der Waals surface area contributed by atoms with Gasteiger partial charge in [-0.2, -0.15) is 5.10 Å². The van der Waals surface area contributed by atoms with Gasteiger partial charge in [-0.25, -0.2) is 0 Å². The van der Waals surface area contributed by atoms with Gasteiger partial charge < -0.3 is 20.9 Å². The third kappa shape index (κ3) is 2.62. The van der Waals surface area contributed by atoms with Gasteiger partial charge in [-0.05, 0) is 6.92 Å². The van der Waals surface area contributed by atoms with Crippen molar-refractivity contribution in [2.24, 2.45) is 7.05 Å². The Morgan fingerprint density at radius 3 is 2.95 bits per heavy atom. The van der Waals surface area contributed by atoms with E-state index in [9.17, 15) is 9.90 Å². The lowest BCUT2D eigenvalue weighted by molar-refractivity contribution is 0.0611. The zero-order valence-electron chi connectivity index (χ0n) is 11.6. The number of ether oxygens (including phenoxy) is 1. The predicted molar refractivity (Wildman–Crippen MR) is 78.0 cm³/mol. The molecule has 0 radical (unpaired) electrons. The van der Waals surface area contributed by atoms with E-state index in [1.54, 1.807) is 4.68 Å². The molecular weight excluding hydrogens is 280 g/mol. The van der Waals surface area contributed by atoms with Crippen molar-refractivity contribution in [3.05, 3.63) is 10.6 Å². The summed E-state index contributed by atoms with van der Waals surface area (Å²) in [7, 11) is 3.31. The fraction of sp³-hybridized carbons (Fsp3) is 0.500. The highest BCUT2D eigenvalue weighted by atomic mass is 32.1. The molecule has 0 aromatic carbocycles. The molecule has 0 aliphatic heterocycles. The number of hydrogen-bond donors (Lipinski definition) is 3. The first-order valence-electron chi connectivity index (χ1n) is 6.12. The molecule has 8 heteroatoms. The van der Waals surface area contributed by atoms with Gasteiger partial charge in [0.1, 0.15) is 9.71 Å². The Bertz CT molecular complexity index is 634. The Kier molecular flexibility index (Phi) is 4.26. The molecule has 0 fully saturated rings. The second-order valence-corrected chi connectivity index (χ2v) is 5.55. The second-order valence-electron chi connectivity index (χ2n) is 4.55. The summed E-state index contributed by atoms with van der Waals surface area (Å²) in [4.78, 5) is 13.4. The second kappa shape index (κ2) is 5.78. The molecule has 2 aromatic rings. The summed E-state index contributed by atoms with van der Waals surface area (Å²) in [6.45, 7) is 2.15. The van der Waals surface area contributed by atoms with Gasteiger partial charge in [0.25, 0.3) is 5.91 Å². The highest BCUT2D eigenvalue weighted by Gasteiger charge is 2.21. The van der Waals surface area contributed by atoms with Gasteiger partial charge in [0.15, 0.2) is 0 Å². The van der Waals surface area contributed by atoms with Crippen molar-refractivity contribution in [3.8, 4) is 0 Å². The third-order valence-corrected chi connectivity index (χ3v) is 4.22. The van der Waals surface area contributed by atoms with Crippen LogP contribution in [0.2, 0.25) is 0 Å². The minimum atomic E-state index is -0.733. The molecule has 0 saturated heterocycles. The number of nitrogens with two attached hydrogens (primary N) is 1. The minimum absolute atomic E-state index is 0.123. The Morgan fingerprint density at radius 2 is 2.35 bits per heavy atom. The number of carbonyl (C=O) groups excluding carboxylic acids is 1. The average Bonchev–Trinajstić information content (AvgIpc) is 2.87. The summed E-state index contributed by atoms with van der Waals surface area (Å²) >= 11 is 1.30. The standard InChI is InChI=1S/C12H18N4O3S/c1-6-8-9(13)10(20-12(8)16(2)15-6)11(18)14-4-7(17)5-19-3/h7,17H,4-5,13H2,1-3H3,(H,14,18). The summed E-state index contributed by atoms with van der Waals surface area (Å²) in [5.41, 5.74) is 7.27. The highest BCUT2D eigenvalue weighted by Crippen LogP contribution is 2.35. The first-order valence-corrected chi connectivity index (χ1v) is 6.94. The number of aliphatic hydroxyl groups excluding tert-OH is 1. The van der Waals surface area contributed by atoms with Crippen LogP contribution in [0.4, 0.5) is 5.69 Å². The van der Waals surface area contributed by atoms with E-state index in [0.29, 0.717) is 10.6 Å².